The van der Waals surface area contributed by atoms with Crippen LogP contribution in [0.3, 0.4) is 0 Å². The lowest BCUT2D eigenvalue weighted by Crippen LogP contribution is -2.52. The van der Waals surface area contributed by atoms with Crippen molar-refractivity contribution in [3.05, 3.63) is 83.5 Å². The number of hydrogen-bond donors (Lipinski definition) is 1. The normalized spacial score (nSPS) is 23.0. The molecule has 0 aliphatic carbocycles. The minimum absolute atomic E-state index is 0.0416. The zero-order valence-corrected chi connectivity index (χ0v) is 21.4. The number of aliphatic imine (C=N–C) groups is 1. The van der Waals surface area contributed by atoms with Gasteiger partial charge < -0.3 is 9.84 Å². The van der Waals surface area contributed by atoms with Gasteiger partial charge in [0.05, 0.1) is 17.9 Å². The summed E-state index contributed by atoms with van der Waals surface area (Å²) >= 11 is 0. The molecule has 0 radical (unpaired) electrons. The van der Waals surface area contributed by atoms with E-state index in [0.29, 0.717) is 12.2 Å². The number of aliphatic hydroxyl groups excluding tert-OH is 1. The maximum Gasteiger partial charge on any atom is 0.0910 e. The third kappa shape index (κ3) is 4.02. The van der Waals surface area contributed by atoms with Gasteiger partial charge in [0.2, 0.25) is 0 Å². The molecule has 1 N–H and O–H groups in total. The Morgan fingerprint density at radius 3 is 2.33 bits per heavy atom. The Kier molecular flexibility index (Phi) is 6.89. The van der Waals surface area contributed by atoms with Gasteiger partial charge in [-0.05, 0) is 64.8 Å². The molecule has 0 saturated carbocycles. The van der Waals surface area contributed by atoms with Crippen LogP contribution in [0.1, 0.15) is 64.7 Å². The molecule has 0 fully saturated rings. The van der Waals surface area contributed by atoms with Crippen LogP contribution in [0.5, 0.6) is 0 Å². The van der Waals surface area contributed by atoms with Gasteiger partial charge in [0.25, 0.3) is 0 Å². The van der Waals surface area contributed by atoms with Gasteiger partial charge in [0.1, 0.15) is 0 Å². The molecule has 0 spiro atoms. The molecule has 3 rings (SSSR count). The number of aliphatic hydroxyl groups is 1. The topological polar surface area (TPSA) is 41.8 Å². The van der Waals surface area contributed by atoms with Crippen LogP contribution < -0.4 is 0 Å². The smallest absolute Gasteiger partial charge is 0.0910 e. The fourth-order valence-electron chi connectivity index (χ4n) is 5.25. The highest BCUT2D eigenvalue weighted by molar-refractivity contribution is 6.18. The zero-order valence-electron chi connectivity index (χ0n) is 21.4. The SMILES string of the molecule is C=C(/C=C\C)C1=NC(C)(C(=C)CO)C(C)(CCOC)c2c1cc(C(C)(C)C)c1ccccc21. The second-order valence-corrected chi connectivity index (χ2v) is 10.5. The molecular formula is C30H39NO2. The lowest BCUT2D eigenvalue weighted by atomic mass is 9.58. The first-order chi connectivity index (χ1) is 15.5. The standard InChI is InChI=1S/C30H39NO2/c1-10-13-20(2)27-24-18-25(28(4,5)6)22-14-11-12-15-23(22)26(24)29(7,16-17-33-9)30(8,31-27)21(3)19-32/h10-15,18,32H,2-3,16-17,19H2,1,4-9H3/b13-10-. The number of nitrogens with zero attached hydrogens (tertiary/aromatic N) is 1. The molecule has 0 aromatic heterocycles. The van der Waals surface area contributed by atoms with Crippen molar-refractivity contribution in [1.29, 1.82) is 0 Å². The first kappa shape index (κ1) is 25.1. The molecular weight excluding hydrogens is 406 g/mol. The summed E-state index contributed by atoms with van der Waals surface area (Å²) in [7, 11) is 1.73. The molecule has 2 atom stereocenters. The van der Waals surface area contributed by atoms with Gasteiger partial charge in [-0.2, -0.15) is 0 Å². The molecule has 176 valence electrons. The molecule has 1 aliphatic rings. The quantitative estimate of drug-likeness (QED) is 0.382. The summed E-state index contributed by atoms with van der Waals surface area (Å²) in [6.45, 7) is 22.2. The lowest BCUT2D eigenvalue weighted by molar-refractivity contribution is 0.144. The van der Waals surface area contributed by atoms with E-state index in [4.69, 9.17) is 9.73 Å². The van der Waals surface area contributed by atoms with Crippen LogP contribution in [0, 0.1) is 0 Å². The molecule has 2 unspecified atom stereocenters. The van der Waals surface area contributed by atoms with E-state index in [9.17, 15) is 5.11 Å². The lowest BCUT2D eigenvalue weighted by Gasteiger charge is -2.50. The summed E-state index contributed by atoms with van der Waals surface area (Å²) in [5.41, 5.74) is 4.86. The van der Waals surface area contributed by atoms with Crippen LogP contribution in [0.15, 0.2) is 71.8 Å². The predicted octanol–water partition coefficient (Wildman–Crippen LogP) is 6.67. The summed E-state index contributed by atoms with van der Waals surface area (Å²) < 4.78 is 5.57. The third-order valence-corrected chi connectivity index (χ3v) is 7.43. The van der Waals surface area contributed by atoms with E-state index in [1.165, 1.54) is 21.9 Å². The summed E-state index contributed by atoms with van der Waals surface area (Å²) in [6.07, 6.45) is 4.75. The van der Waals surface area contributed by atoms with Crippen LogP contribution in [0.4, 0.5) is 0 Å². The first-order valence-electron chi connectivity index (χ1n) is 11.7. The molecule has 1 aliphatic heterocycles. The van der Waals surface area contributed by atoms with Crippen molar-refractivity contribution in [1.82, 2.24) is 0 Å². The monoisotopic (exact) mass is 445 g/mol. The van der Waals surface area contributed by atoms with Crippen molar-refractivity contribution in [2.75, 3.05) is 20.3 Å². The Morgan fingerprint density at radius 2 is 1.79 bits per heavy atom. The zero-order chi connectivity index (χ0) is 24.6. The van der Waals surface area contributed by atoms with Crippen molar-refractivity contribution in [3.63, 3.8) is 0 Å². The second-order valence-electron chi connectivity index (χ2n) is 10.5. The average Bonchev–Trinajstić information content (AvgIpc) is 2.78. The van der Waals surface area contributed by atoms with Gasteiger partial charge in [0.15, 0.2) is 0 Å². The van der Waals surface area contributed by atoms with Gasteiger partial charge in [-0.15, -0.1) is 0 Å². The number of ether oxygens (including phenoxy) is 1. The Labute approximate surface area is 199 Å². The molecule has 0 saturated heterocycles. The Bertz CT molecular complexity index is 1150. The number of rotatable bonds is 7. The van der Waals surface area contributed by atoms with Gasteiger partial charge >= 0.3 is 0 Å². The number of hydrogen-bond acceptors (Lipinski definition) is 3. The Hall–Kier alpha value is -2.49. The van der Waals surface area contributed by atoms with Gasteiger partial charge in [-0.3, -0.25) is 4.99 Å². The molecule has 3 heteroatoms. The summed E-state index contributed by atoms with van der Waals surface area (Å²) in [4.78, 5) is 5.33. The fourth-order valence-corrected chi connectivity index (χ4v) is 5.25. The summed E-state index contributed by atoms with van der Waals surface area (Å²) in [5.74, 6) is 0. The van der Waals surface area contributed by atoms with Crippen LogP contribution in [-0.2, 0) is 15.6 Å². The van der Waals surface area contributed by atoms with E-state index < -0.39 is 11.0 Å². The minimum atomic E-state index is -0.723. The molecule has 2 aromatic carbocycles. The Balaban J connectivity index is 2.57. The molecule has 2 aromatic rings. The minimum Gasteiger partial charge on any atom is -0.392 e. The van der Waals surface area contributed by atoms with E-state index in [1.807, 2.05) is 19.1 Å². The van der Waals surface area contributed by atoms with Crippen LogP contribution in [0.2, 0.25) is 0 Å². The average molecular weight is 446 g/mol. The molecule has 0 bridgehead atoms. The Morgan fingerprint density at radius 1 is 1.15 bits per heavy atom. The highest BCUT2D eigenvalue weighted by Gasteiger charge is 2.52. The van der Waals surface area contributed by atoms with Gasteiger partial charge in [-0.25, -0.2) is 0 Å². The number of fused-ring (bicyclic) bond motifs is 3. The first-order valence-corrected chi connectivity index (χ1v) is 11.7. The fraction of sp³-hybridized carbons (Fsp3) is 0.433. The maximum atomic E-state index is 10.2. The van der Waals surface area contributed by atoms with E-state index in [-0.39, 0.29) is 12.0 Å². The van der Waals surface area contributed by atoms with Gasteiger partial charge in [-0.1, -0.05) is 77.3 Å². The van der Waals surface area contributed by atoms with E-state index >= 15 is 0 Å². The van der Waals surface area contributed by atoms with E-state index in [0.717, 1.165) is 23.3 Å². The van der Waals surface area contributed by atoms with E-state index in [1.54, 1.807) is 7.11 Å². The van der Waals surface area contributed by atoms with Crippen LogP contribution in [0.25, 0.3) is 10.8 Å². The number of allylic oxidation sites excluding steroid dienone is 3. The summed E-state index contributed by atoms with van der Waals surface area (Å²) in [6, 6.07) is 11.0. The largest absolute Gasteiger partial charge is 0.392 e. The maximum absolute atomic E-state index is 10.2. The summed E-state index contributed by atoms with van der Waals surface area (Å²) in [5, 5.41) is 12.7. The number of benzene rings is 2. The number of methoxy groups -OCH3 is 1. The van der Waals surface area contributed by atoms with Crippen molar-refractivity contribution >= 4 is 16.5 Å². The predicted molar refractivity (Wildman–Crippen MR) is 142 cm³/mol. The highest BCUT2D eigenvalue weighted by atomic mass is 16.5. The molecule has 33 heavy (non-hydrogen) atoms. The second kappa shape index (κ2) is 9.04. The van der Waals surface area contributed by atoms with Crippen molar-refractivity contribution < 1.29 is 9.84 Å². The van der Waals surface area contributed by atoms with Crippen LogP contribution >= 0.6 is 0 Å². The molecule has 1 heterocycles. The molecule has 3 nitrogen and oxygen atoms in total. The van der Waals surface area contributed by atoms with E-state index in [2.05, 4.69) is 78.1 Å². The highest BCUT2D eigenvalue weighted by Crippen LogP contribution is 2.53. The van der Waals surface area contributed by atoms with Crippen LogP contribution in [-0.4, -0.2) is 36.7 Å². The van der Waals surface area contributed by atoms with Gasteiger partial charge in [0, 0.05) is 24.7 Å². The van der Waals surface area contributed by atoms with Crippen molar-refractivity contribution in [2.24, 2.45) is 4.99 Å². The third-order valence-electron chi connectivity index (χ3n) is 7.43. The van der Waals surface area contributed by atoms with Crippen molar-refractivity contribution in [3.8, 4) is 0 Å². The molecule has 0 amide bonds. The van der Waals surface area contributed by atoms with Crippen molar-refractivity contribution in [2.45, 2.75) is 64.3 Å².